The summed E-state index contributed by atoms with van der Waals surface area (Å²) in [6.45, 7) is 2.78. The Labute approximate surface area is 145 Å². The molecule has 132 valence electrons. The number of aromatic nitrogens is 4. The van der Waals surface area contributed by atoms with Gasteiger partial charge in [0.05, 0.1) is 18.0 Å². The standard InChI is InChI=1S/C17H22N6O2/c24-14-10-22(9-13-7-15(21-20-13)12-1-2-12)5-6-23(11-14)17(25)16-8-18-3-4-19-16/h3-4,7-8,12,14,24H,1-2,5-6,9-11H2,(H,20,21)/t14-/m0/s1. The molecule has 1 aliphatic heterocycles. The molecular formula is C17H22N6O2. The van der Waals surface area contributed by atoms with Crippen LogP contribution in [0.4, 0.5) is 0 Å². The van der Waals surface area contributed by atoms with Crippen LogP contribution in [0.25, 0.3) is 0 Å². The zero-order valence-electron chi connectivity index (χ0n) is 14.0. The van der Waals surface area contributed by atoms with Crippen molar-refractivity contribution in [3.05, 3.63) is 41.7 Å². The van der Waals surface area contributed by atoms with Gasteiger partial charge < -0.3 is 10.0 Å². The Bertz CT molecular complexity index is 730. The number of nitrogens with zero attached hydrogens (tertiary/aromatic N) is 5. The molecule has 0 spiro atoms. The monoisotopic (exact) mass is 342 g/mol. The van der Waals surface area contributed by atoms with Crippen LogP contribution in [0, 0.1) is 0 Å². The fourth-order valence-electron chi connectivity index (χ4n) is 3.24. The lowest BCUT2D eigenvalue weighted by atomic mass is 10.2. The quantitative estimate of drug-likeness (QED) is 0.834. The summed E-state index contributed by atoms with van der Waals surface area (Å²) in [4.78, 5) is 24.3. The first kappa shape index (κ1) is 16.2. The number of hydrogen-bond acceptors (Lipinski definition) is 6. The third kappa shape index (κ3) is 3.85. The number of H-pyrrole nitrogens is 1. The first-order valence-corrected chi connectivity index (χ1v) is 8.69. The van der Waals surface area contributed by atoms with Crippen LogP contribution in [-0.2, 0) is 6.54 Å². The van der Waals surface area contributed by atoms with E-state index in [1.807, 2.05) is 0 Å². The Balaban J connectivity index is 1.39. The molecule has 1 saturated heterocycles. The van der Waals surface area contributed by atoms with Gasteiger partial charge in [-0.05, 0) is 18.9 Å². The topological polar surface area (TPSA) is 98.2 Å². The van der Waals surface area contributed by atoms with Crippen LogP contribution in [0.3, 0.4) is 0 Å². The van der Waals surface area contributed by atoms with Crippen molar-refractivity contribution in [2.24, 2.45) is 0 Å². The zero-order chi connectivity index (χ0) is 17.2. The molecule has 0 bridgehead atoms. The lowest BCUT2D eigenvalue weighted by Gasteiger charge is -2.21. The highest BCUT2D eigenvalue weighted by Gasteiger charge is 2.28. The Kier molecular flexibility index (Phi) is 4.46. The van der Waals surface area contributed by atoms with Gasteiger partial charge >= 0.3 is 0 Å². The minimum atomic E-state index is -0.589. The van der Waals surface area contributed by atoms with Crippen LogP contribution in [0.15, 0.2) is 24.7 Å². The average Bonchev–Trinajstić information content (AvgIpc) is 3.40. The summed E-state index contributed by atoms with van der Waals surface area (Å²) in [6.07, 6.45) is 6.37. The molecule has 0 radical (unpaired) electrons. The molecule has 8 heteroatoms. The van der Waals surface area contributed by atoms with Crippen molar-refractivity contribution in [2.45, 2.75) is 31.4 Å². The molecule has 2 N–H and O–H groups in total. The Morgan fingerprint density at radius 1 is 1.28 bits per heavy atom. The van der Waals surface area contributed by atoms with Crippen molar-refractivity contribution in [1.29, 1.82) is 0 Å². The summed E-state index contributed by atoms with van der Waals surface area (Å²) < 4.78 is 0. The second-order valence-electron chi connectivity index (χ2n) is 6.82. The highest BCUT2D eigenvalue weighted by molar-refractivity contribution is 5.92. The van der Waals surface area contributed by atoms with Crippen LogP contribution < -0.4 is 0 Å². The molecule has 1 amide bonds. The molecule has 0 unspecified atom stereocenters. The minimum Gasteiger partial charge on any atom is -0.390 e. The number of aromatic amines is 1. The smallest absolute Gasteiger partial charge is 0.274 e. The maximum absolute atomic E-state index is 12.5. The third-order valence-electron chi connectivity index (χ3n) is 4.70. The molecule has 2 aromatic heterocycles. The van der Waals surface area contributed by atoms with Crippen LogP contribution >= 0.6 is 0 Å². The molecule has 2 aromatic rings. The van der Waals surface area contributed by atoms with Gasteiger partial charge in [-0.1, -0.05) is 0 Å². The Morgan fingerprint density at radius 2 is 2.16 bits per heavy atom. The molecule has 1 saturated carbocycles. The number of β-amino-alcohol motifs (C(OH)–C–C–N with tert-alkyl or cyclic N) is 1. The average molecular weight is 342 g/mol. The van der Waals surface area contributed by atoms with Gasteiger partial charge in [-0.15, -0.1) is 0 Å². The summed E-state index contributed by atoms with van der Waals surface area (Å²) in [7, 11) is 0. The molecule has 8 nitrogen and oxygen atoms in total. The van der Waals surface area contributed by atoms with Gasteiger partial charge in [-0.3, -0.25) is 19.8 Å². The van der Waals surface area contributed by atoms with Gasteiger partial charge in [0, 0.05) is 56.7 Å². The number of carbonyl (C=O) groups is 1. The van der Waals surface area contributed by atoms with Gasteiger partial charge in [0.2, 0.25) is 0 Å². The zero-order valence-corrected chi connectivity index (χ0v) is 14.0. The second-order valence-corrected chi connectivity index (χ2v) is 6.82. The van der Waals surface area contributed by atoms with Crippen molar-refractivity contribution in [3.63, 3.8) is 0 Å². The highest BCUT2D eigenvalue weighted by atomic mass is 16.3. The van der Waals surface area contributed by atoms with Gasteiger partial charge in [-0.2, -0.15) is 5.10 Å². The summed E-state index contributed by atoms with van der Waals surface area (Å²) in [5, 5.41) is 17.8. The minimum absolute atomic E-state index is 0.188. The SMILES string of the molecule is O=C(c1cnccn1)N1CCN(Cc2cc(C3CC3)n[nH]2)C[C@H](O)C1. The van der Waals surface area contributed by atoms with Crippen LogP contribution in [-0.4, -0.2) is 73.3 Å². The number of aliphatic hydroxyl groups excluding tert-OH is 1. The van der Waals surface area contributed by atoms with Gasteiger partial charge in [0.15, 0.2) is 0 Å². The molecule has 1 atom stereocenters. The number of amides is 1. The maximum Gasteiger partial charge on any atom is 0.274 e. The van der Waals surface area contributed by atoms with Crippen LogP contribution in [0.1, 0.15) is 40.6 Å². The summed E-state index contributed by atoms with van der Waals surface area (Å²) in [5.41, 5.74) is 2.51. The van der Waals surface area contributed by atoms with E-state index in [2.05, 4.69) is 31.1 Å². The van der Waals surface area contributed by atoms with Crippen molar-refractivity contribution in [3.8, 4) is 0 Å². The van der Waals surface area contributed by atoms with Gasteiger partial charge in [0.1, 0.15) is 5.69 Å². The summed E-state index contributed by atoms with van der Waals surface area (Å²) in [5.74, 6) is 0.436. The maximum atomic E-state index is 12.5. The van der Waals surface area contributed by atoms with E-state index in [-0.39, 0.29) is 5.91 Å². The first-order valence-electron chi connectivity index (χ1n) is 8.69. The molecule has 0 aromatic carbocycles. The third-order valence-corrected chi connectivity index (χ3v) is 4.70. The van der Waals surface area contributed by atoms with E-state index in [4.69, 9.17) is 0 Å². The normalized spacial score (nSPS) is 22.0. The molecule has 2 aliphatic rings. The van der Waals surface area contributed by atoms with E-state index in [0.29, 0.717) is 44.3 Å². The van der Waals surface area contributed by atoms with E-state index in [0.717, 1.165) is 11.4 Å². The van der Waals surface area contributed by atoms with Crippen molar-refractivity contribution >= 4 is 5.91 Å². The van der Waals surface area contributed by atoms with Gasteiger partial charge in [0.25, 0.3) is 5.91 Å². The van der Waals surface area contributed by atoms with Crippen molar-refractivity contribution < 1.29 is 9.90 Å². The first-order chi connectivity index (χ1) is 12.2. The number of hydrogen-bond donors (Lipinski definition) is 2. The lowest BCUT2D eigenvalue weighted by Crippen LogP contribution is -2.38. The molecular weight excluding hydrogens is 320 g/mol. The van der Waals surface area contributed by atoms with Crippen LogP contribution in [0.2, 0.25) is 0 Å². The van der Waals surface area contributed by atoms with Gasteiger partial charge in [-0.25, -0.2) is 4.98 Å². The summed E-state index contributed by atoms with van der Waals surface area (Å²) >= 11 is 0. The second kappa shape index (κ2) is 6.89. The molecule has 4 rings (SSSR count). The van der Waals surface area contributed by atoms with E-state index in [9.17, 15) is 9.90 Å². The predicted molar refractivity (Wildman–Crippen MR) is 89.8 cm³/mol. The number of nitrogens with one attached hydrogen (secondary N) is 1. The predicted octanol–water partition coefficient (Wildman–Crippen LogP) is 0.396. The lowest BCUT2D eigenvalue weighted by molar-refractivity contribution is 0.0657. The van der Waals surface area contributed by atoms with Crippen molar-refractivity contribution in [2.75, 3.05) is 26.2 Å². The number of rotatable bonds is 4. The van der Waals surface area contributed by atoms with Crippen LogP contribution in [0.5, 0.6) is 0 Å². The Morgan fingerprint density at radius 3 is 2.92 bits per heavy atom. The van der Waals surface area contributed by atoms with E-state index >= 15 is 0 Å². The fourth-order valence-corrected chi connectivity index (χ4v) is 3.24. The highest BCUT2D eigenvalue weighted by Crippen LogP contribution is 2.39. The van der Waals surface area contributed by atoms with E-state index in [1.165, 1.54) is 31.4 Å². The molecule has 2 fully saturated rings. The van der Waals surface area contributed by atoms with Crippen molar-refractivity contribution in [1.82, 2.24) is 30.0 Å². The summed E-state index contributed by atoms with van der Waals surface area (Å²) in [6, 6.07) is 2.12. The van der Waals surface area contributed by atoms with E-state index < -0.39 is 6.10 Å². The largest absolute Gasteiger partial charge is 0.390 e. The fraction of sp³-hybridized carbons (Fsp3) is 0.529. The Hall–Kier alpha value is -2.32. The van der Waals surface area contributed by atoms with E-state index in [1.54, 1.807) is 4.90 Å². The molecule has 25 heavy (non-hydrogen) atoms. The molecule has 3 heterocycles. The number of aliphatic hydroxyl groups is 1. The number of carbonyl (C=O) groups excluding carboxylic acids is 1. The molecule has 1 aliphatic carbocycles.